The van der Waals surface area contributed by atoms with Gasteiger partial charge < -0.3 is 14.9 Å². The summed E-state index contributed by atoms with van der Waals surface area (Å²) in [6, 6.07) is 8.62. The maximum absolute atomic E-state index is 10.8. The third-order valence-corrected chi connectivity index (χ3v) is 4.05. The fourth-order valence-electron chi connectivity index (χ4n) is 2.33. The number of benzene rings is 1. The summed E-state index contributed by atoms with van der Waals surface area (Å²) in [5.41, 5.74) is 1.17. The van der Waals surface area contributed by atoms with Gasteiger partial charge in [-0.1, -0.05) is 15.9 Å². The van der Waals surface area contributed by atoms with Crippen LogP contribution < -0.4 is 4.90 Å². The molecule has 0 radical (unpaired) electrons. The molecule has 1 amide bonds. The third kappa shape index (κ3) is 2.96. The van der Waals surface area contributed by atoms with Crippen LogP contribution in [-0.4, -0.2) is 42.3 Å². The number of halogens is 1. The second-order valence-electron chi connectivity index (χ2n) is 4.59. The van der Waals surface area contributed by atoms with Gasteiger partial charge in [0.1, 0.15) is 0 Å². The van der Waals surface area contributed by atoms with E-state index in [1.54, 1.807) is 0 Å². The standard InChI is InChI=1S/C13H17BrN2O2/c1-15(11-4-2-10(14)3-5-11)12-6-8-16(9-7-12)13(17)18/h2-5,12H,6-9H2,1H3,(H,17,18). The monoisotopic (exact) mass is 312 g/mol. The molecule has 1 fully saturated rings. The highest BCUT2D eigenvalue weighted by atomic mass is 79.9. The Labute approximate surface area is 115 Å². The molecule has 0 unspecified atom stereocenters. The Kier molecular flexibility index (Phi) is 4.11. The average Bonchev–Trinajstić information content (AvgIpc) is 2.39. The first-order valence-electron chi connectivity index (χ1n) is 6.04. The molecule has 0 spiro atoms. The van der Waals surface area contributed by atoms with Crippen LogP contribution in [0, 0.1) is 0 Å². The van der Waals surface area contributed by atoms with E-state index < -0.39 is 6.09 Å². The van der Waals surface area contributed by atoms with Crippen LogP contribution in [0.2, 0.25) is 0 Å². The van der Waals surface area contributed by atoms with Crippen LogP contribution in [0.15, 0.2) is 28.7 Å². The average molecular weight is 313 g/mol. The zero-order valence-corrected chi connectivity index (χ0v) is 11.9. The van der Waals surface area contributed by atoms with E-state index in [1.165, 1.54) is 10.6 Å². The van der Waals surface area contributed by atoms with E-state index in [0.717, 1.165) is 17.3 Å². The van der Waals surface area contributed by atoms with Crippen molar-refractivity contribution in [2.24, 2.45) is 0 Å². The summed E-state index contributed by atoms with van der Waals surface area (Å²) >= 11 is 3.42. The topological polar surface area (TPSA) is 43.8 Å². The van der Waals surface area contributed by atoms with Crippen LogP contribution in [0.25, 0.3) is 0 Å². The molecular weight excluding hydrogens is 296 g/mol. The highest BCUT2D eigenvalue weighted by molar-refractivity contribution is 9.10. The van der Waals surface area contributed by atoms with E-state index >= 15 is 0 Å². The lowest BCUT2D eigenvalue weighted by molar-refractivity contribution is 0.132. The summed E-state index contributed by atoms with van der Waals surface area (Å²) in [4.78, 5) is 14.6. The molecule has 0 saturated carbocycles. The number of rotatable bonds is 2. The van der Waals surface area contributed by atoms with Crippen molar-refractivity contribution in [2.45, 2.75) is 18.9 Å². The van der Waals surface area contributed by atoms with Gasteiger partial charge in [-0.15, -0.1) is 0 Å². The molecule has 2 rings (SSSR count). The van der Waals surface area contributed by atoms with Gasteiger partial charge in [-0.05, 0) is 37.1 Å². The molecule has 0 aliphatic carbocycles. The van der Waals surface area contributed by atoms with Gasteiger partial charge in [0.25, 0.3) is 0 Å². The molecule has 1 saturated heterocycles. The third-order valence-electron chi connectivity index (χ3n) is 3.52. The predicted molar refractivity (Wildman–Crippen MR) is 75.2 cm³/mol. The lowest BCUT2D eigenvalue weighted by Crippen LogP contribution is -2.45. The number of hydrogen-bond acceptors (Lipinski definition) is 2. The number of nitrogens with zero attached hydrogens (tertiary/aromatic N) is 2. The van der Waals surface area contributed by atoms with E-state index in [4.69, 9.17) is 5.11 Å². The molecule has 98 valence electrons. The highest BCUT2D eigenvalue weighted by Crippen LogP contribution is 2.23. The highest BCUT2D eigenvalue weighted by Gasteiger charge is 2.24. The zero-order valence-electron chi connectivity index (χ0n) is 10.3. The number of likely N-dealkylation sites (tertiary alicyclic amines) is 1. The first kappa shape index (κ1) is 13.2. The maximum atomic E-state index is 10.8. The van der Waals surface area contributed by atoms with Crippen molar-refractivity contribution in [3.63, 3.8) is 0 Å². The summed E-state index contributed by atoms with van der Waals surface area (Å²) in [6.45, 7) is 1.25. The van der Waals surface area contributed by atoms with Gasteiger partial charge in [0, 0.05) is 36.3 Å². The Morgan fingerprint density at radius 1 is 1.33 bits per heavy atom. The van der Waals surface area contributed by atoms with E-state index in [9.17, 15) is 4.79 Å². The van der Waals surface area contributed by atoms with Crippen LogP contribution in [0.5, 0.6) is 0 Å². The molecule has 18 heavy (non-hydrogen) atoms. The number of hydrogen-bond donors (Lipinski definition) is 1. The van der Waals surface area contributed by atoms with Crippen LogP contribution >= 0.6 is 15.9 Å². The number of carboxylic acid groups (broad SMARTS) is 1. The van der Waals surface area contributed by atoms with Gasteiger partial charge in [-0.2, -0.15) is 0 Å². The number of amides is 1. The van der Waals surface area contributed by atoms with Crippen LogP contribution in [0.3, 0.4) is 0 Å². The summed E-state index contributed by atoms with van der Waals surface area (Å²) in [7, 11) is 2.07. The van der Waals surface area contributed by atoms with E-state index in [0.29, 0.717) is 19.1 Å². The predicted octanol–water partition coefficient (Wildman–Crippen LogP) is 3.03. The lowest BCUT2D eigenvalue weighted by atomic mass is 10.0. The van der Waals surface area contributed by atoms with Crippen molar-refractivity contribution >= 4 is 27.7 Å². The van der Waals surface area contributed by atoms with Gasteiger partial charge in [0.2, 0.25) is 0 Å². The molecule has 1 aromatic rings. The molecule has 1 aliphatic rings. The van der Waals surface area contributed by atoms with E-state index in [-0.39, 0.29) is 0 Å². The zero-order chi connectivity index (χ0) is 13.1. The maximum Gasteiger partial charge on any atom is 0.407 e. The van der Waals surface area contributed by atoms with Gasteiger partial charge >= 0.3 is 6.09 Å². The van der Waals surface area contributed by atoms with Crippen LogP contribution in [-0.2, 0) is 0 Å². The molecular formula is C13H17BrN2O2. The first-order chi connectivity index (χ1) is 8.58. The molecule has 1 aliphatic heterocycles. The second kappa shape index (κ2) is 5.61. The Bertz CT molecular complexity index is 414. The molecule has 1 heterocycles. The fourth-order valence-corrected chi connectivity index (χ4v) is 2.60. The molecule has 1 N–H and O–H groups in total. The summed E-state index contributed by atoms with van der Waals surface area (Å²) < 4.78 is 1.07. The fraction of sp³-hybridized carbons (Fsp3) is 0.462. The van der Waals surface area contributed by atoms with Crippen molar-refractivity contribution in [2.75, 3.05) is 25.0 Å². The molecule has 0 atom stereocenters. The van der Waals surface area contributed by atoms with Crippen molar-refractivity contribution < 1.29 is 9.90 Å². The van der Waals surface area contributed by atoms with Crippen molar-refractivity contribution in [1.29, 1.82) is 0 Å². The minimum Gasteiger partial charge on any atom is -0.465 e. The number of anilines is 1. The van der Waals surface area contributed by atoms with Crippen LogP contribution in [0.1, 0.15) is 12.8 Å². The molecule has 4 nitrogen and oxygen atoms in total. The smallest absolute Gasteiger partial charge is 0.407 e. The SMILES string of the molecule is CN(c1ccc(Br)cc1)C1CCN(C(=O)O)CC1. The molecule has 0 bridgehead atoms. The minimum absolute atomic E-state index is 0.418. The number of piperidine rings is 1. The van der Waals surface area contributed by atoms with E-state index in [1.807, 2.05) is 12.1 Å². The Morgan fingerprint density at radius 3 is 2.39 bits per heavy atom. The van der Waals surface area contributed by atoms with Crippen molar-refractivity contribution in [3.8, 4) is 0 Å². The number of carbonyl (C=O) groups is 1. The van der Waals surface area contributed by atoms with Gasteiger partial charge in [-0.25, -0.2) is 4.79 Å². The van der Waals surface area contributed by atoms with Crippen LogP contribution in [0.4, 0.5) is 10.5 Å². The molecule has 0 aromatic heterocycles. The second-order valence-corrected chi connectivity index (χ2v) is 5.50. The Hall–Kier alpha value is -1.23. The van der Waals surface area contributed by atoms with Gasteiger partial charge in [-0.3, -0.25) is 0 Å². The molecule has 5 heteroatoms. The largest absolute Gasteiger partial charge is 0.465 e. The molecule has 1 aromatic carbocycles. The Balaban J connectivity index is 1.97. The Morgan fingerprint density at radius 2 is 1.89 bits per heavy atom. The van der Waals surface area contributed by atoms with Gasteiger partial charge in [0.05, 0.1) is 0 Å². The normalized spacial score (nSPS) is 16.7. The first-order valence-corrected chi connectivity index (χ1v) is 6.83. The summed E-state index contributed by atoms with van der Waals surface area (Å²) in [5, 5.41) is 8.92. The van der Waals surface area contributed by atoms with Crippen molar-refractivity contribution in [3.05, 3.63) is 28.7 Å². The minimum atomic E-state index is -0.806. The van der Waals surface area contributed by atoms with E-state index in [2.05, 4.69) is 40.0 Å². The van der Waals surface area contributed by atoms with Gasteiger partial charge in [0.15, 0.2) is 0 Å². The lowest BCUT2D eigenvalue weighted by Gasteiger charge is -2.36. The quantitative estimate of drug-likeness (QED) is 0.913. The summed E-state index contributed by atoms with van der Waals surface area (Å²) in [6.07, 6.45) is 0.970. The van der Waals surface area contributed by atoms with Crippen molar-refractivity contribution in [1.82, 2.24) is 4.90 Å². The summed E-state index contributed by atoms with van der Waals surface area (Å²) in [5.74, 6) is 0.